The molecule has 0 atom stereocenters. The Bertz CT molecular complexity index is 2320. The number of aromatic nitrogens is 2. The Morgan fingerprint density at radius 2 is 1.37 bits per heavy atom. The lowest BCUT2D eigenvalue weighted by Gasteiger charge is -2.19. The fourth-order valence-electron chi connectivity index (χ4n) is 4.94. The maximum Gasteiger partial charge on any atom is 0.430 e. The summed E-state index contributed by atoms with van der Waals surface area (Å²) < 4.78 is 67.1. The highest BCUT2D eigenvalue weighted by Crippen LogP contribution is 2.31. The van der Waals surface area contributed by atoms with Gasteiger partial charge in [0.05, 0.1) is 12.3 Å². The maximum atomic E-state index is 15.4. The number of nitrogens with zero attached hydrogens (tertiary/aromatic N) is 3. The topological polar surface area (TPSA) is 138 Å². The van der Waals surface area contributed by atoms with Crippen molar-refractivity contribution >= 4 is 29.6 Å². The van der Waals surface area contributed by atoms with Gasteiger partial charge >= 0.3 is 12.2 Å². The van der Waals surface area contributed by atoms with Gasteiger partial charge in [-0.05, 0) is 67.6 Å². The lowest BCUT2D eigenvalue weighted by atomic mass is 10.2. The van der Waals surface area contributed by atoms with Gasteiger partial charge < -0.3 is 24.3 Å². The number of anilines is 2. The molecule has 0 fully saturated rings. The summed E-state index contributed by atoms with van der Waals surface area (Å²) in [5.74, 6) is -5.05. The van der Waals surface area contributed by atoms with Gasteiger partial charge in [-0.25, -0.2) is 27.7 Å². The number of imide groups is 1. The van der Waals surface area contributed by atoms with Crippen LogP contribution in [-0.2, 0) is 0 Å². The summed E-state index contributed by atoms with van der Waals surface area (Å²) in [7, 11) is 0. The standard InChI is InChI=1S/C39H27F3N4O8/c1-2-51-32-18-20-45(25-15-13-24(40)14-16-25)37(48)35(32)36(47)44-31-22-30(42)33(23-29(31)41)52-28-17-19-43-34(21-28)46(38(49)53-26-9-5-3-6-10-26)39(50)54-27-11-7-4-8-12-27/h3-23H,2H2,1H3,(H,44,47). The zero-order valence-corrected chi connectivity index (χ0v) is 28.1. The van der Waals surface area contributed by atoms with E-state index in [1.807, 2.05) is 0 Å². The first-order valence-corrected chi connectivity index (χ1v) is 16.0. The van der Waals surface area contributed by atoms with E-state index in [0.717, 1.165) is 29.0 Å². The molecular weight excluding hydrogens is 709 g/mol. The molecule has 272 valence electrons. The van der Waals surface area contributed by atoms with Crippen molar-refractivity contribution in [3.63, 3.8) is 0 Å². The molecule has 0 aliphatic heterocycles. The van der Waals surface area contributed by atoms with E-state index in [9.17, 15) is 23.6 Å². The minimum Gasteiger partial charge on any atom is -0.493 e. The van der Waals surface area contributed by atoms with Gasteiger partial charge in [0, 0.05) is 36.3 Å². The van der Waals surface area contributed by atoms with Gasteiger partial charge in [0.1, 0.15) is 34.4 Å². The third kappa shape index (κ3) is 8.37. The Labute approximate surface area is 304 Å². The lowest BCUT2D eigenvalue weighted by Crippen LogP contribution is -2.41. The number of halogens is 3. The van der Waals surface area contributed by atoms with Gasteiger partial charge in [0.15, 0.2) is 23.2 Å². The van der Waals surface area contributed by atoms with Gasteiger partial charge in [-0.15, -0.1) is 0 Å². The summed E-state index contributed by atoms with van der Waals surface area (Å²) in [6.07, 6.45) is 0.0749. The van der Waals surface area contributed by atoms with E-state index in [0.29, 0.717) is 17.0 Å². The van der Waals surface area contributed by atoms with Crippen LogP contribution in [0.3, 0.4) is 0 Å². The first-order chi connectivity index (χ1) is 26.1. The minimum atomic E-state index is -1.19. The largest absolute Gasteiger partial charge is 0.493 e. The van der Waals surface area contributed by atoms with E-state index >= 15 is 8.78 Å². The number of nitrogens with one attached hydrogen (secondary N) is 1. The Morgan fingerprint density at radius 1 is 0.741 bits per heavy atom. The van der Waals surface area contributed by atoms with E-state index in [-0.39, 0.29) is 41.1 Å². The summed E-state index contributed by atoms with van der Waals surface area (Å²) in [5.41, 5.74) is -1.79. The Morgan fingerprint density at radius 3 is 1.98 bits per heavy atom. The number of carbonyl (C=O) groups excluding carboxylic acids is 3. The molecule has 0 aliphatic carbocycles. The minimum absolute atomic E-state index is 0.0756. The van der Waals surface area contributed by atoms with Crippen LogP contribution in [0.2, 0.25) is 0 Å². The highest BCUT2D eigenvalue weighted by molar-refractivity contribution is 6.10. The van der Waals surface area contributed by atoms with Crippen LogP contribution in [0.1, 0.15) is 17.3 Å². The second-order valence-electron chi connectivity index (χ2n) is 11.0. The Hall–Kier alpha value is -7.42. The number of pyridine rings is 2. The fourth-order valence-corrected chi connectivity index (χ4v) is 4.94. The van der Waals surface area contributed by atoms with Crippen LogP contribution in [0.5, 0.6) is 28.7 Å². The SMILES string of the molecule is CCOc1ccn(-c2ccc(F)cc2)c(=O)c1C(=O)Nc1cc(F)c(Oc2ccnc(N(C(=O)Oc3ccccc3)C(=O)Oc3ccccc3)c2)cc1F. The van der Waals surface area contributed by atoms with E-state index in [1.165, 1.54) is 54.7 Å². The third-order valence-corrected chi connectivity index (χ3v) is 7.39. The van der Waals surface area contributed by atoms with Crippen LogP contribution in [0.25, 0.3) is 5.69 Å². The molecular formula is C39H27F3N4O8. The smallest absolute Gasteiger partial charge is 0.430 e. The number of carbonyl (C=O) groups is 3. The van der Waals surface area contributed by atoms with Crippen molar-refractivity contribution in [3.05, 3.63) is 161 Å². The van der Waals surface area contributed by atoms with Crippen molar-refractivity contribution in [3.8, 4) is 34.4 Å². The predicted molar refractivity (Wildman–Crippen MR) is 189 cm³/mol. The van der Waals surface area contributed by atoms with E-state index in [1.54, 1.807) is 43.3 Å². The maximum absolute atomic E-state index is 15.4. The summed E-state index contributed by atoms with van der Waals surface area (Å²) in [6, 6.07) is 25.6. The number of benzene rings is 4. The van der Waals surface area contributed by atoms with Crippen LogP contribution >= 0.6 is 0 Å². The van der Waals surface area contributed by atoms with Crippen molar-refractivity contribution in [2.45, 2.75) is 6.92 Å². The number of para-hydroxylation sites is 2. The molecule has 0 unspecified atom stereocenters. The van der Waals surface area contributed by atoms with Crippen LogP contribution in [0.4, 0.5) is 34.3 Å². The average Bonchev–Trinajstić information content (AvgIpc) is 3.15. The number of rotatable bonds is 10. The second-order valence-corrected chi connectivity index (χ2v) is 11.0. The molecule has 0 bridgehead atoms. The number of ether oxygens (including phenoxy) is 4. The fraction of sp³-hybridized carbons (Fsp3) is 0.0513. The summed E-state index contributed by atoms with van der Waals surface area (Å²) >= 11 is 0. The average molecular weight is 737 g/mol. The normalized spacial score (nSPS) is 10.6. The van der Waals surface area contributed by atoms with E-state index in [4.69, 9.17) is 18.9 Å². The highest BCUT2D eigenvalue weighted by atomic mass is 19.1. The van der Waals surface area contributed by atoms with Gasteiger partial charge in [-0.3, -0.25) is 14.2 Å². The zero-order valence-electron chi connectivity index (χ0n) is 28.1. The van der Waals surface area contributed by atoms with Gasteiger partial charge in [0.25, 0.3) is 11.5 Å². The summed E-state index contributed by atoms with van der Waals surface area (Å²) in [6.45, 7) is 1.70. The number of hydrogen-bond donors (Lipinski definition) is 1. The van der Waals surface area contributed by atoms with Gasteiger partial charge in [-0.2, -0.15) is 4.90 Å². The number of amides is 3. The molecule has 4 aromatic carbocycles. The molecule has 0 aliphatic rings. The van der Waals surface area contributed by atoms with Crippen molar-refractivity contribution in [2.24, 2.45) is 0 Å². The first-order valence-electron chi connectivity index (χ1n) is 16.0. The van der Waals surface area contributed by atoms with E-state index in [2.05, 4.69) is 10.3 Å². The number of hydrogen-bond acceptors (Lipinski definition) is 9. The third-order valence-electron chi connectivity index (χ3n) is 7.39. The van der Waals surface area contributed by atoms with Crippen LogP contribution in [0, 0.1) is 17.5 Å². The van der Waals surface area contributed by atoms with Crippen LogP contribution in [-0.4, -0.2) is 34.3 Å². The molecule has 3 amide bonds. The quantitative estimate of drug-likeness (QED) is 0.147. The molecule has 15 heteroatoms. The van der Waals surface area contributed by atoms with Crippen molar-refractivity contribution in [1.29, 1.82) is 0 Å². The monoisotopic (exact) mass is 736 g/mol. The molecule has 0 spiro atoms. The van der Waals surface area contributed by atoms with Crippen molar-refractivity contribution < 1.29 is 46.5 Å². The predicted octanol–water partition coefficient (Wildman–Crippen LogP) is 8.30. The Balaban J connectivity index is 1.25. The summed E-state index contributed by atoms with van der Waals surface area (Å²) in [4.78, 5) is 57.8. The second kappa shape index (κ2) is 16.3. The molecule has 2 heterocycles. The van der Waals surface area contributed by atoms with E-state index < -0.39 is 58.1 Å². The summed E-state index contributed by atoms with van der Waals surface area (Å²) in [5, 5.41) is 2.19. The van der Waals surface area contributed by atoms with Gasteiger partial charge in [0.2, 0.25) is 0 Å². The molecule has 0 radical (unpaired) electrons. The molecule has 1 N–H and O–H groups in total. The molecule has 54 heavy (non-hydrogen) atoms. The molecule has 0 saturated heterocycles. The van der Waals surface area contributed by atoms with Crippen LogP contribution < -0.4 is 34.7 Å². The van der Waals surface area contributed by atoms with Crippen molar-refractivity contribution in [1.82, 2.24) is 9.55 Å². The zero-order chi connectivity index (χ0) is 38.2. The lowest BCUT2D eigenvalue weighted by molar-refractivity contribution is 0.102. The first kappa shape index (κ1) is 36.4. The molecule has 12 nitrogen and oxygen atoms in total. The molecule has 0 saturated carbocycles. The van der Waals surface area contributed by atoms with Gasteiger partial charge in [-0.1, -0.05) is 36.4 Å². The van der Waals surface area contributed by atoms with Crippen LogP contribution in [0.15, 0.2) is 132 Å². The molecule has 6 rings (SSSR count). The molecule has 6 aromatic rings. The molecule has 2 aromatic heterocycles. The Kier molecular flexibility index (Phi) is 11.0. The highest BCUT2D eigenvalue weighted by Gasteiger charge is 2.30. The van der Waals surface area contributed by atoms with Crippen molar-refractivity contribution in [2.75, 3.05) is 16.8 Å².